The Bertz CT molecular complexity index is 668. The molecule has 1 aliphatic carbocycles. The van der Waals surface area contributed by atoms with E-state index < -0.39 is 12.0 Å². The number of carboxylic acid groups (broad SMARTS) is 1. The van der Waals surface area contributed by atoms with Crippen LogP contribution in [0, 0.1) is 0 Å². The van der Waals surface area contributed by atoms with Crippen LogP contribution in [0.2, 0.25) is 0 Å². The fraction of sp³-hybridized carbons (Fsp3) is 0.267. The molecule has 0 radical (unpaired) electrons. The molecule has 0 aliphatic heterocycles. The molecule has 4 N–H and O–H groups in total. The van der Waals surface area contributed by atoms with Gasteiger partial charge in [-0.05, 0) is 65.8 Å². The second-order valence-electron chi connectivity index (χ2n) is 5.11. The molecule has 1 atom stereocenters. The van der Waals surface area contributed by atoms with Gasteiger partial charge in [0.1, 0.15) is 24.7 Å². The Morgan fingerprint density at radius 3 is 2.48 bits per heavy atom. The van der Waals surface area contributed by atoms with Crippen molar-refractivity contribution in [1.82, 2.24) is 0 Å². The molecule has 1 aliphatic rings. The standard InChI is InChI=1S/C15H14I3NO4/c16-11-5-8(6-12(19)14(21)22)7-15(17,18)13(11)23-10-3-1-9(20)2-4-10/h1-5,12,20H,6-7,19H2,(H,21,22)/t12-/m0/s1. The summed E-state index contributed by atoms with van der Waals surface area (Å²) in [6.07, 6.45) is 2.92. The summed E-state index contributed by atoms with van der Waals surface area (Å²) in [6, 6.07) is 5.65. The summed E-state index contributed by atoms with van der Waals surface area (Å²) in [4.78, 5) is 10.9. The van der Waals surface area contributed by atoms with Gasteiger partial charge in [-0.2, -0.15) is 0 Å². The predicted molar refractivity (Wildman–Crippen MR) is 113 cm³/mol. The summed E-state index contributed by atoms with van der Waals surface area (Å²) >= 11 is 6.79. The summed E-state index contributed by atoms with van der Waals surface area (Å²) in [5.74, 6) is 0.634. The van der Waals surface area contributed by atoms with Crippen LogP contribution in [0.5, 0.6) is 11.5 Å². The van der Waals surface area contributed by atoms with Crippen LogP contribution in [0.3, 0.4) is 0 Å². The van der Waals surface area contributed by atoms with Crippen molar-refractivity contribution in [3.63, 3.8) is 0 Å². The van der Waals surface area contributed by atoms with Gasteiger partial charge in [-0.1, -0.05) is 50.8 Å². The van der Waals surface area contributed by atoms with Crippen LogP contribution < -0.4 is 10.5 Å². The number of hydrogen-bond acceptors (Lipinski definition) is 4. The molecule has 23 heavy (non-hydrogen) atoms. The Morgan fingerprint density at radius 1 is 1.35 bits per heavy atom. The Morgan fingerprint density at radius 2 is 1.96 bits per heavy atom. The van der Waals surface area contributed by atoms with E-state index in [1.807, 2.05) is 6.08 Å². The lowest BCUT2D eigenvalue weighted by atomic mass is 9.97. The molecule has 5 nitrogen and oxygen atoms in total. The highest BCUT2D eigenvalue weighted by Crippen LogP contribution is 2.48. The van der Waals surface area contributed by atoms with Crippen LogP contribution in [-0.2, 0) is 4.79 Å². The maximum atomic E-state index is 10.9. The second kappa shape index (κ2) is 7.87. The van der Waals surface area contributed by atoms with E-state index in [0.29, 0.717) is 18.6 Å². The number of hydrogen-bond donors (Lipinski definition) is 3. The largest absolute Gasteiger partial charge is 0.508 e. The van der Waals surface area contributed by atoms with Crippen LogP contribution in [0.4, 0.5) is 0 Å². The van der Waals surface area contributed by atoms with Gasteiger partial charge in [-0.25, -0.2) is 0 Å². The third-order valence-corrected chi connectivity index (χ3v) is 5.73. The first kappa shape index (κ1) is 19.2. The highest BCUT2D eigenvalue weighted by atomic mass is 127. The molecule has 0 saturated carbocycles. The van der Waals surface area contributed by atoms with E-state index in [0.717, 1.165) is 14.9 Å². The highest BCUT2D eigenvalue weighted by molar-refractivity contribution is 14.2. The molecular weight excluding hydrogens is 639 g/mol. The van der Waals surface area contributed by atoms with Crippen molar-refractivity contribution in [3.05, 3.63) is 45.3 Å². The minimum absolute atomic E-state index is 0.185. The first-order chi connectivity index (χ1) is 10.7. The minimum atomic E-state index is -0.997. The number of aliphatic carboxylic acids is 1. The molecule has 0 saturated heterocycles. The molecule has 1 aromatic rings. The second-order valence-corrected chi connectivity index (χ2v) is 12.0. The van der Waals surface area contributed by atoms with Crippen LogP contribution in [0.15, 0.2) is 45.3 Å². The third kappa shape index (κ3) is 5.19. The normalized spacial score (nSPS) is 18.3. The molecule has 1 aromatic carbocycles. The summed E-state index contributed by atoms with van der Waals surface area (Å²) in [7, 11) is 0. The number of carboxylic acids is 1. The van der Waals surface area contributed by atoms with Crippen molar-refractivity contribution in [2.45, 2.75) is 20.3 Å². The highest BCUT2D eigenvalue weighted by Gasteiger charge is 2.37. The molecule has 124 valence electrons. The van der Waals surface area contributed by atoms with Crippen molar-refractivity contribution in [2.75, 3.05) is 0 Å². The van der Waals surface area contributed by atoms with Gasteiger partial charge in [0.15, 0.2) is 0 Å². The van der Waals surface area contributed by atoms with Gasteiger partial charge >= 0.3 is 5.97 Å². The summed E-state index contributed by atoms with van der Waals surface area (Å²) in [5.41, 5.74) is 6.63. The van der Waals surface area contributed by atoms with E-state index in [4.69, 9.17) is 15.6 Å². The van der Waals surface area contributed by atoms with Crippen molar-refractivity contribution in [1.29, 1.82) is 0 Å². The van der Waals surface area contributed by atoms with Gasteiger partial charge in [0, 0.05) is 0 Å². The number of phenols is 1. The van der Waals surface area contributed by atoms with Crippen LogP contribution in [-0.4, -0.2) is 23.7 Å². The number of alkyl halides is 2. The third-order valence-electron chi connectivity index (χ3n) is 3.18. The van der Waals surface area contributed by atoms with Crippen molar-refractivity contribution < 1.29 is 19.7 Å². The fourth-order valence-corrected chi connectivity index (χ4v) is 5.92. The van der Waals surface area contributed by atoms with E-state index in [-0.39, 0.29) is 7.18 Å². The Hall–Kier alpha value is -0.0800. The molecule has 0 amide bonds. The molecule has 0 fully saturated rings. The van der Waals surface area contributed by atoms with E-state index in [2.05, 4.69) is 67.8 Å². The zero-order valence-electron chi connectivity index (χ0n) is 11.8. The van der Waals surface area contributed by atoms with Crippen molar-refractivity contribution in [2.24, 2.45) is 5.73 Å². The van der Waals surface area contributed by atoms with E-state index in [1.165, 1.54) is 0 Å². The lowest BCUT2D eigenvalue weighted by Crippen LogP contribution is -2.32. The Kier molecular flexibility index (Phi) is 6.58. The van der Waals surface area contributed by atoms with Gasteiger partial charge < -0.3 is 20.7 Å². The van der Waals surface area contributed by atoms with E-state index >= 15 is 0 Å². The first-order valence-corrected chi connectivity index (χ1v) is 9.85. The van der Waals surface area contributed by atoms with Crippen molar-refractivity contribution >= 4 is 73.7 Å². The zero-order valence-corrected chi connectivity index (χ0v) is 18.3. The summed E-state index contributed by atoms with van der Waals surface area (Å²) in [6.45, 7) is 0. The number of nitrogens with two attached hydrogens (primary N) is 1. The molecule has 0 heterocycles. The predicted octanol–water partition coefficient (Wildman–Crippen LogP) is 4.12. The van der Waals surface area contributed by atoms with E-state index in [1.54, 1.807) is 24.3 Å². The Balaban J connectivity index is 2.25. The molecule has 2 rings (SSSR count). The van der Waals surface area contributed by atoms with Crippen molar-refractivity contribution in [3.8, 4) is 11.5 Å². The van der Waals surface area contributed by atoms with Gasteiger partial charge in [0.2, 0.25) is 0 Å². The SMILES string of the molecule is N[C@@H](CC1=CC(I)=C(Oc2ccc(O)cc2)C(I)(I)C1)C(=O)O. The smallest absolute Gasteiger partial charge is 0.320 e. The maximum absolute atomic E-state index is 10.9. The number of aromatic hydroxyl groups is 1. The van der Waals surface area contributed by atoms with Crippen LogP contribution in [0.1, 0.15) is 12.8 Å². The lowest BCUT2D eigenvalue weighted by Gasteiger charge is -2.30. The fourth-order valence-electron chi connectivity index (χ4n) is 2.09. The Labute approximate surface area is 174 Å². The zero-order chi connectivity index (χ0) is 17.2. The maximum Gasteiger partial charge on any atom is 0.320 e. The quantitative estimate of drug-likeness (QED) is 0.329. The number of benzene rings is 1. The average molecular weight is 653 g/mol. The number of rotatable bonds is 5. The van der Waals surface area contributed by atoms with Gasteiger partial charge in [-0.3, -0.25) is 4.79 Å². The van der Waals surface area contributed by atoms with Gasteiger partial charge in [0.25, 0.3) is 0 Å². The monoisotopic (exact) mass is 653 g/mol. The topological polar surface area (TPSA) is 92.8 Å². The number of halogens is 3. The molecule has 8 heteroatoms. The van der Waals surface area contributed by atoms with Crippen LogP contribution in [0.25, 0.3) is 0 Å². The molecular formula is C15H14I3NO4. The summed E-state index contributed by atoms with van der Waals surface area (Å²) < 4.78 is 6.58. The van der Waals surface area contributed by atoms with Gasteiger partial charge in [0.05, 0.1) is 3.58 Å². The number of ether oxygens (including phenoxy) is 1. The molecule has 0 aromatic heterocycles. The molecule has 0 bridgehead atoms. The number of carbonyl (C=O) groups is 1. The number of phenolic OH excluding ortho intramolecular Hbond substituents is 1. The molecule has 0 spiro atoms. The molecule has 0 unspecified atom stereocenters. The lowest BCUT2D eigenvalue weighted by molar-refractivity contribution is -0.138. The van der Waals surface area contributed by atoms with E-state index in [9.17, 15) is 9.90 Å². The van der Waals surface area contributed by atoms with Gasteiger partial charge in [-0.15, -0.1) is 0 Å². The average Bonchev–Trinajstić information content (AvgIpc) is 2.44. The first-order valence-electron chi connectivity index (χ1n) is 6.62. The number of allylic oxidation sites excluding steroid dienone is 3. The summed E-state index contributed by atoms with van der Waals surface area (Å²) in [5, 5.41) is 18.3. The van der Waals surface area contributed by atoms with Crippen LogP contribution >= 0.6 is 67.8 Å². The minimum Gasteiger partial charge on any atom is -0.508 e.